The summed E-state index contributed by atoms with van der Waals surface area (Å²) in [6, 6.07) is 7.55. The zero-order valence-corrected chi connectivity index (χ0v) is 18.8. The van der Waals surface area contributed by atoms with E-state index in [1.54, 1.807) is 14.0 Å². The predicted molar refractivity (Wildman–Crippen MR) is 116 cm³/mol. The molecular weight excluding hydrogens is 396 g/mol. The number of carbonyl (C=O) groups excluding carboxylic acids is 2. The van der Waals surface area contributed by atoms with Crippen LogP contribution in [0.5, 0.6) is 5.75 Å². The van der Waals surface area contributed by atoms with Crippen molar-refractivity contribution >= 4 is 11.8 Å². The Morgan fingerprint density at radius 2 is 2.03 bits per heavy atom. The number of hydrogen-bond donors (Lipinski definition) is 0. The summed E-state index contributed by atoms with van der Waals surface area (Å²) < 4.78 is 10.4. The first kappa shape index (κ1) is 22.8. The number of carbonyl (C=O) groups is 2. The zero-order chi connectivity index (χ0) is 22.4. The maximum Gasteiger partial charge on any atom is 0.229 e. The Hall–Kier alpha value is -2.90. The van der Waals surface area contributed by atoms with Crippen molar-refractivity contribution in [2.24, 2.45) is 0 Å². The van der Waals surface area contributed by atoms with E-state index >= 15 is 0 Å². The predicted octanol–water partition coefficient (Wildman–Crippen LogP) is 2.83. The van der Waals surface area contributed by atoms with Gasteiger partial charge in [-0.15, -0.1) is 0 Å². The van der Waals surface area contributed by atoms with Gasteiger partial charge in [-0.2, -0.15) is 4.98 Å². The van der Waals surface area contributed by atoms with Crippen LogP contribution in [0.4, 0.5) is 0 Å². The summed E-state index contributed by atoms with van der Waals surface area (Å²) in [5.74, 6) is 2.25. The van der Waals surface area contributed by atoms with Crippen molar-refractivity contribution in [2.75, 3.05) is 26.7 Å². The molecule has 3 rings (SSSR count). The van der Waals surface area contributed by atoms with Gasteiger partial charge >= 0.3 is 0 Å². The molecule has 1 aromatic carbocycles. The number of rotatable bonds is 8. The molecule has 0 bridgehead atoms. The third-order valence-corrected chi connectivity index (χ3v) is 5.66. The average molecular weight is 429 g/mol. The van der Waals surface area contributed by atoms with Crippen LogP contribution in [0.15, 0.2) is 28.8 Å². The fraction of sp³-hybridized carbons (Fsp3) is 0.565. The summed E-state index contributed by atoms with van der Waals surface area (Å²) in [6.45, 7) is 7.36. The quantitative estimate of drug-likeness (QED) is 0.642. The van der Waals surface area contributed by atoms with Gasteiger partial charge in [0.15, 0.2) is 5.82 Å². The van der Waals surface area contributed by atoms with Crippen LogP contribution in [0.3, 0.4) is 0 Å². The van der Waals surface area contributed by atoms with Crippen molar-refractivity contribution in [3.63, 3.8) is 0 Å². The van der Waals surface area contributed by atoms with Crippen LogP contribution in [-0.2, 0) is 22.4 Å². The molecule has 1 aromatic heterocycles. The minimum atomic E-state index is 0.00188. The highest BCUT2D eigenvalue weighted by atomic mass is 16.5. The maximum atomic E-state index is 12.9. The SMILES string of the molecule is COc1ccc(CC(=O)N2CCCC(N(CCc3noc(C(C)C)n3)C(C)=O)C2)cc1. The molecule has 0 N–H and O–H groups in total. The summed E-state index contributed by atoms with van der Waals surface area (Å²) in [5, 5.41) is 4.02. The lowest BCUT2D eigenvalue weighted by atomic mass is 10.0. The van der Waals surface area contributed by atoms with Crippen LogP contribution in [0.25, 0.3) is 0 Å². The van der Waals surface area contributed by atoms with Gasteiger partial charge in [-0.05, 0) is 30.5 Å². The van der Waals surface area contributed by atoms with Crippen molar-refractivity contribution in [1.82, 2.24) is 19.9 Å². The third kappa shape index (κ3) is 6.06. The second kappa shape index (κ2) is 10.4. The monoisotopic (exact) mass is 428 g/mol. The first-order valence-corrected chi connectivity index (χ1v) is 10.9. The molecular formula is C23H32N4O4. The third-order valence-electron chi connectivity index (χ3n) is 5.66. The lowest BCUT2D eigenvalue weighted by molar-refractivity contribution is -0.138. The molecule has 1 unspecified atom stereocenters. The number of nitrogens with zero attached hydrogens (tertiary/aromatic N) is 4. The van der Waals surface area contributed by atoms with Gasteiger partial charge in [0.25, 0.3) is 0 Å². The standard InChI is InChI=1S/C23H32N4O4/c1-16(2)23-24-21(25-31-23)11-13-27(17(3)28)19-6-5-12-26(15-19)22(29)14-18-7-9-20(30-4)10-8-18/h7-10,16,19H,5-6,11-15H2,1-4H3. The minimum absolute atomic E-state index is 0.00188. The maximum absolute atomic E-state index is 12.9. The Bertz CT molecular complexity index is 878. The molecule has 2 heterocycles. The van der Waals surface area contributed by atoms with Crippen LogP contribution in [0.1, 0.15) is 56.8 Å². The number of benzene rings is 1. The van der Waals surface area contributed by atoms with Crippen LogP contribution < -0.4 is 4.74 Å². The van der Waals surface area contributed by atoms with Crippen molar-refractivity contribution in [1.29, 1.82) is 0 Å². The molecule has 1 fully saturated rings. The molecule has 0 aliphatic carbocycles. The van der Waals surface area contributed by atoms with E-state index in [0.29, 0.717) is 37.6 Å². The Balaban J connectivity index is 1.58. The van der Waals surface area contributed by atoms with E-state index in [-0.39, 0.29) is 23.8 Å². The molecule has 8 nitrogen and oxygen atoms in total. The highest BCUT2D eigenvalue weighted by Gasteiger charge is 2.29. The lowest BCUT2D eigenvalue weighted by Crippen LogP contribution is -2.52. The van der Waals surface area contributed by atoms with E-state index in [1.165, 1.54) is 0 Å². The molecule has 1 aliphatic heterocycles. The van der Waals surface area contributed by atoms with E-state index in [0.717, 1.165) is 30.7 Å². The van der Waals surface area contributed by atoms with Crippen LogP contribution in [0.2, 0.25) is 0 Å². The number of methoxy groups -OCH3 is 1. The van der Waals surface area contributed by atoms with Gasteiger partial charge in [0.05, 0.1) is 13.5 Å². The summed E-state index contributed by atoms with van der Waals surface area (Å²) in [5.41, 5.74) is 0.953. The van der Waals surface area contributed by atoms with Gasteiger partial charge < -0.3 is 19.1 Å². The van der Waals surface area contributed by atoms with E-state index in [1.807, 2.05) is 47.9 Å². The summed E-state index contributed by atoms with van der Waals surface area (Å²) in [6.07, 6.45) is 2.64. The second-order valence-electron chi connectivity index (χ2n) is 8.33. The fourth-order valence-corrected chi connectivity index (χ4v) is 3.89. The van der Waals surface area contributed by atoms with E-state index < -0.39 is 0 Å². The van der Waals surface area contributed by atoms with E-state index in [2.05, 4.69) is 10.1 Å². The number of piperidine rings is 1. The van der Waals surface area contributed by atoms with Gasteiger partial charge in [-0.1, -0.05) is 31.1 Å². The molecule has 1 saturated heterocycles. The Kier molecular flexibility index (Phi) is 7.65. The van der Waals surface area contributed by atoms with Gasteiger partial charge in [-0.25, -0.2) is 0 Å². The Morgan fingerprint density at radius 1 is 1.29 bits per heavy atom. The Morgan fingerprint density at radius 3 is 2.65 bits per heavy atom. The fourth-order valence-electron chi connectivity index (χ4n) is 3.89. The topological polar surface area (TPSA) is 88.8 Å². The van der Waals surface area contributed by atoms with Crippen LogP contribution in [-0.4, -0.2) is 64.5 Å². The molecule has 2 aromatic rings. The largest absolute Gasteiger partial charge is 0.497 e. The lowest BCUT2D eigenvalue weighted by Gasteiger charge is -2.39. The first-order chi connectivity index (χ1) is 14.9. The van der Waals surface area contributed by atoms with Crippen molar-refractivity contribution < 1.29 is 18.8 Å². The number of amides is 2. The summed E-state index contributed by atoms with van der Waals surface area (Å²) >= 11 is 0. The van der Waals surface area contributed by atoms with Crippen molar-refractivity contribution in [3.8, 4) is 5.75 Å². The summed E-state index contributed by atoms with van der Waals surface area (Å²) in [7, 11) is 1.62. The smallest absolute Gasteiger partial charge is 0.229 e. The zero-order valence-electron chi connectivity index (χ0n) is 18.8. The number of hydrogen-bond acceptors (Lipinski definition) is 6. The van der Waals surface area contributed by atoms with E-state index in [9.17, 15) is 9.59 Å². The number of ether oxygens (including phenoxy) is 1. The molecule has 2 amide bonds. The van der Waals surface area contributed by atoms with Crippen molar-refractivity contribution in [2.45, 2.75) is 58.4 Å². The van der Waals surface area contributed by atoms with Gasteiger partial charge in [0, 0.05) is 44.9 Å². The summed E-state index contributed by atoms with van der Waals surface area (Å²) in [4.78, 5) is 33.3. The number of likely N-dealkylation sites (tertiary alicyclic amines) is 1. The van der Waals surface area contributed by atoms with Gasteiger partial charge in [0.1, 0.15) is 5.75 Å². The number of aromatic nitrogens is 2. The van der Waals surface area contributed by atoms with Crippen LogP contribution in [0, 0.1) is 0 Å². The molecule has 168 valence electrons. The normalized spacial score (nSPS) is 16.4. The molecule has 31 heavy (non-hydrogen) atoms. The van der Waals surface area contributed by atoms with Gasteiger partial charge in [0.2, 0.25) is 17.7 Å². The first-order valence-electron chi connectivity index (χ1n) is 10.9. The molecule has 1 atom stereocenters. The molecule has 0 saturated carbocycles. The average Bonchev–Trinajstić information content (AvgIpc) is 3.24. The highest BCUT2D eigenvalue weighted by Crippen LogP contribution is 2.19. The molecule has 1 aliphatic rings. The van der Waals surface area contributed by atoms with E-state index in [4.69, 9.17) is 9.26 Å². The Labute approximate surface area is 183 Å². The molecule has 0 spiro atoms. The minimum Gasteiger partial charge on any atom is -0.497 e. The molecule has 8 heteroatoms. The van der Waals surface area contributed by atoms with Crippen LogP contribution >= 0.6 is 0 Å². The molecule has 0 radical (unpaired) electrons. The second-order valence-corrected chi connectivity index (χ2v) is 8.33. The highest BCUT2D eigenvalue weighted by molar-refractivity contribution is 5.79. The van der Waals surface area contributed by atoms with Gasteiger partial charge in [-0.3, -0.25) is 9.59 Å². The van der Waals surface area contributed by atoms with Crippen molar-refractivity contribution in [3.05, 3.63) is 41.5 Å².